The summed E-state index contributed by atoms with van der Waals surface area (Å²) in [5, 5.41) is 3.75. The number of nitrogens with one attached hydrogen (secondary N) is 2. The van der Waals surface area contributed by atoms with Gasteiger partial charge in [-0.3, -0.25) is 4.79 Å². The largest absolute Gasteiger partial charge is 0.454 e. The predicted octanol–water partition coefficient (Wildman–Crippen LogP) is 5.00. The molecule has 6 rings (SSSR count). The van der Waals surface area contributed by atoms with E-state index in [2.05, 4.69) is 23.3 Å². The highest BCUT2D eigenvalue weighted by Crippen LogP contribution is 2.51. The minimum atomic E-state index is -0.632. The molecule has 5 nitrogen and oxygen atoms in total. The number of anilines is 1. The number of fused-ring (bicyclic) bond motifs is 2. The number of hydrogen-bond acceptors (Lipinski definition) is 3. The lowest BCUT2D eigenvalue weighted by Crippen LogP contribution is -2.28. The predicted molar refractivity (Wildman–Crippen MR) is 109 cm³/mol. The number of carbonyl (C=O) groups is 1. The lowest BCUT2D eigenvalue weighted by molar-refractivity contribution is -0.118. The van der Waals surface area contributed by atoms with Crippen LogP contribution in [0.2, 0.25) is 0 Å². The highest BCUT2D eigenvalue weighted by molar-refractivity contribution is 6.02. The Balaban J connectivity index is 0.00000193. The van der Waals surface area contributed by atoms with Crippen molar-refractivity contribution in [3.05, 3.63) is 53.5 Å². The summed E-state index contributed by atoms with van der Waals surface area (Å²) in [7, 11) is 0. The van der Waals surface area contributed by atoms with E-state index in [1.165, 1.54) is 6.07 Å². The summed E-state index contributed by atoms with van der Waals surface area (Å²) in [6.45, 7) is 2.40. The quantitative estimate of drug-likeness (QED) is 0.654. The van der Waals surface area contributed by atoms with Crippen molar-refractivity contribution in [1.29, 1.82) is 0 Å². The summed E-state index contributed by atoms with van der Waals surface area (Å²) >= 11 is 0. The lowest BCUT2D eigenvalue weighted by Gasteiger charge is -2.17. The molecule has 0 bridgehead atoms. The van der Waals surface area contributed by atoms with Crippen LogP contribution in [0.1, 0.15) is 45.3 Å². The van der Waals surface area contributed by atoms with E-state index in [1.807, 2.05) is 18.2 Å². The number of rotatable bonds is 4. The van der Waals surface area contributed by atoms with Gasteiger partial charge in [0.15, 0.2) is 11.5 Å². The first kappa shape index (κ1) is 16.9. The molecule has 29 heavy (non-hydrogen) atoms. The zero-order chi connectivity index (χ0) is 19.8. The normalized spacial score (nSPS) is 19.9. The van der Waals surface area contributed by atoms with E-state index in [0.29, 0.717) is 11.5 Å². The van der Waals surface area contributed by atoms with Crippen LogP contribution in [0.5, 0.6) is 11.5 Å². The molecule has 2 aliphatic carbocycles. The molecule has 2 N–H and O–H groups in total. The molecule has 1 aromatic heterocycles. The number of carbonyl (C=O) groups excluding carboxylic acids is 1. The number of hydrogen-bond donors (Lipinski definition) is 2. The first-order chi connectivity index (χ1) is 14.0. The van der Waals surface area contributed by atoms with E-state index in [1.54, 1.807) is 6.07 Å². The molecule has 0 saturated heterocycles. The molecule has 6 heteroatoms. The number of aromatic amines is 1. The standard InChI is InChI=1S/C23H21FN2O3.H2/c1-22(4-5-22)20-9-13-8-17(15(24)11-16(13)25-20)26-21(27)23(6-7-23)14-2-3-18-19(10-14)29-12-28-18;/h2-3,8-11,25H,4-7,12H2,1H3,(H,26,27);1H. The highest BCUT2D eigenvalue weighted by atomic mass is 19.1. The van der Waals surface area contributed by atoms with Gasteiger partial charge >= 0.3 is 0 Å². The number of halogens is 1. The molecule has 0 unspecified atom stereocenters. The summed E-state index contributed by atoms with van der Waals surface area (Å²) in [4.78, 5) is 16.4. The fraction of sp³-hybridized carbons (Fsp3) is 0.348. The van der Waals surface area contributed by atoms with Gasteiger partial charge in [-0.2, -0.15) is 0 Å². The fourth-order valence-electron chi connectivity index (χ4n) is 4.24. The smallest absolute Gasteiger partial charge is 0.235 e. The zero-order valence-electron chi connectivity index (χ0n) is 16.1. The Hall–Kier alpha value is -3.02. The van der Waals surface area contributed by atoms with Gasteiger partial charge in [0.05, 0.1) is 11.1 Å². The van der Waals surface area contributed by atoms with Crippen LogP contribution in [0.25, 0.3) is 10.9 Å². The van der Waals surface area contributed by atoms with Crippen LogP contribution in [-0.4, -0.2) is 17.7 Å². The van der Waals surface area contributed by atoms with Gasteiger partial charge in [-0.1, -0.05) is 13.0 Å². The maximum Gasteiger partial charge on any atom is 0.235 e. The number of ether oxygens (including phenoxy) is 2. The second-order valence-corrected chi connectivity index (χ2v) is 8.77. The Morgan fingerprint density at radius 2 is 1.90 bits per heavy atom. The molecular weight excluding hydrogens is 371 g/mol. The van der Waals surface area contributed by atoms with Gasteiger partial charge in [0, 0.05) is 29.5 Å². The monoisotopic (exact) mass is 394 g/mol. The van der Waals surface area contributed by atoms with Crippen molar-refractivity contribution in [2.45, 2.75) is 43.4 Å². The molecule has 0 radical (unpaired) electrons. The van der Waals surface area contributed by atoms with Crippen LogP contribution in [0.3, 0.4) is 0 Å². The molecule has 2 heterocycles. The summed E-state index contributed by atoms with van der Waals surface area (Å²) in [6.07, 6.45) is 3.75. The Kier molecular flexibility index (Phi) is 3.22. The van der Waals surface area contributed by atoms with Crippen LogP contribution < -0.4 is 14.8 Å². The molecule has 0 spiro atoms. The van der Waals surface area contributed by atoms with Crippen molar-refractivity contribution < 1.29 is 20.1 Å². The topological polar surface area (TPSA) is 63.4 Å². The second-order valence-electron chi connectivity index (χ2n) is 8.77. The van der Waals surface area contributed by atoms with E-state index in [0.717, 1.165) is 47.8 Å². The summed E-state index contributed by atoms with van der Waals surface area (Å²) in [5.41, 5.74) is 2.55. The van der Waals surface area contributed by atoms with E-state index in [4.69, 9.17) is 9.47 Å². The molecule has 1 amide bonds. The molecule has 0 atom stereocenters. The minimum absolute atomic E-state index is 0. The third-order valence-corrected chi connectivity index (χ3v) is 6.72. The summed E-state index contributed by atoms with van der Waals surface area (Å²) < 4.78 is 25.5. The van der Waals surface area contributed by atoms with Crippen LogP contribution in [-0.2, 0) is 15.6 Å². The van der Waals surface area contributed by atoms with Crippen molar-refractivity contribution >= 4 is 22.5 Å². The lowest BCUT2D eigenvalue weighted by atomic mass is 9.94. The van der Waals surface area contributed by atoms with E-state index < -0.39 is 11.2 Å². The van der Waals surface area contributed by atoms with Crippen molar-refractivity contribution in [2.75, 3.05) is 12.1 Å². The SMILES string of the molecule is CC1(c2cc3cc(NC(=O)C4(c5ccc6c(c5)OCO6)CC4)c(F)cc3[nH]2)CC1.[HH]. The van der Waals surface area contributed by atoms with Gasteiger partial charge in [0.25, 0.3) is 0 Å². The average Bonchev–Trinajstić information content (AvgIpc) is 3.57. The van der Waals surface area contributed by atoms with Crippen LogP contribution in [0.4, 0.5) is 10.1 Å². The third kappa shape index (κ3) is 2.55. The third-order valence-electron chi connectivity index (χ3n) is 6.72. The number of H-pyrrole nitrogens is 1. The number of amides is 1. The molecular formula is C23H23FN2O3. The first-order valence-electron chi connectivity index (χ1n) is 10.0. The molecule has 2 saturated carbocycles. The molecule has 2 fully saturated rings. The van der Waals surface area contributed by atoms with Gasteiger partial charge in [-0.15, -0.1) is 0 Å². The van der Waals surface area contributed by atoms with Gasteiger partial charge in [0.2, 0.25) is 12.7 Å². The summed E-state index contributed by atoms with van der Waals surface area (Å²) in [6, 6.07) is 10.9. The number of benzene rings is 2. The van der Waals surface area contributed by atoms with Crippen LogP contribution in [0, 0.1) is 5.82 Å². The van der Waals surface area contributed by atoms with Crippen molar-refractivity contribution in [3.8, 4) is 11.5 Å². The molecule has 1 aliphatic heterocycles. The molecule has 2 aromatic carbocycles. The van der Waals surface area contributed by atoms with Crippen LogP contribution >= 0.6 is 0 Å². The Labute approximate surface area is 168 Å². The van der Waals surface area contributed by atoms with Crippen molar-refractivity contribution in [3.63, 3.8) is 0 Å². The highest BCUT2D eigenvalue weighted by Gasteiger charge is 2.52. The maximum absolute atomic E-state index is 14.7. The first-order valence-corrected chi connectivity index (χ1v) is 10.0. The van der Waals surface area contributed by atoms with Crippen molar-refractivity contribution in [1.82, 2.24) is 4.98 Å². The van der Waals surface area contributed by atoms with Crippen LogP contribution in [0.15, 0.2) is 36.4 Å². The van der Waals surface area contributed by atoms with Gasteiger partial charge in [-0.05, 0) is 55.5 Å². The van der Waals surface area contributed by atoms with Gasteiger partial charge in [0.1, 0.15) is 5.82 Å². The maximum atomic E-state index is 14.7. The van der Waals surface area contributed by atoms with E-state index in [9.17, 15) is 9.18 Å². The Bertz CT molecular complexity index is 1180. The fourth-order valence-corrected chi connectivity index (χ4v) is 4.24. The van der Waals surface area contributed by atoms with Gasteiger partial charge < -0.3 is 19.8 Å². The second kappa shape index (κ2) is 5.53. The minimum Gasteiger partial charge on any atom is -0.454 e. The van der Waals surface area contributed by atoms with Gasteiger partial charge in [-0.25, -0.2) is 4.39 Å². The molecule has 3 aromatic rings. The zero-order valence-corrected chi connectivity index (χ0v) is 16.1. The Morgan fingerprint density at radius 1 is 1.10 bits per heavy atom. The van der Waals surface area contributed by atoms with E-state index >= 15 is 0 Å². The summed E-state index contributed by atoms with van der Waals surface area (Å²) in [5.74, 6) is 0.734. The van der Waals surface area contributed by atoms with E-state index in [-0.39, 0.29) is 25.2 Å². The molecule has 150 valence electrons. The van der Waals surface area contributed by atoms with Crippen molar-refractivity contribution in [2.24, 2.45) is 0 Å². The molecule has 3 aliphatic rings. The Morgan fingerprint density at radius 3 is 2.66 bits per heavy atom. The number of aromatic nitrogens is 1. The average molecular weight is 394 g/mol.